The number of nitrogen functional groups attached to an aromatic ring is 1. The molecule has 9 N–H and O–H groups in total. The van der Waals surface area contributed by atoms with Gasteiger partial charge in [0.05, 0.1) is 33.2 Å². The quantitative estimate of drug-likeness (QED) is 0.0545. The lowest BCUT2D eigenvalue weighted by atomic mass is 9.92. The van der Waals surface area contributed by atoms with Crippen molar-refractivity contribution in [2.45, 2.75) is 9.79 Å². The maximum absolute atomic E-state index is 13.6. The van der Waals surface area contributed by atoms with Crippen LogP contribution < -0.4 is 22.3 Å². The van der Waals surface area contributed by atoms with Crippen LogP contribution in [0.5, 0.6) is 0 Å². The van der Waals surface area contributed by atoms with Crippen molar-refractivity contribution >= 4 is 87.9 Å². The zero-order chi connectivity index (χ0) is 36.6. The van der Waals surface area contributed by atoms with E-state index in [2.05, 4.69) is 31.3 Å². The number of nitrogens with two attached hydrogens (primary N) is 2. The third-order valence-corrected chi connectivity index (χ3v) is 9.32. The van der Waals surface area contributed by atoms with Crippen molar-refractivity contribution in [1.82, 2.24) is 0 Å². The van der Waals surface area contributed by atoms with Crippen LogP contribution in [0.15, 0.2) is 114 Å². The van der Waals surface area contributed by atoms with Crippen molar-refractivity contribution in [3.8, 4) is 0 Å². The molecule has 2 aliphatic rings. The molecule has 0 spiro atoms. The number of nitrogens with one attached hydrogen (secondary N) is 2. The number of allylic oxidation sites excluding steroid dienone is 4. The number of benzene rings is 3. The van der Waals surface area contributed by atoms with E-state index in [0.717, 1.165) is 24.3 Å². The maximum Gasteiger partial charge on any atom is 0.296 e. The summed E-state index contributed by atoms with van der Waals surface area (Å²) in [5.41, 5.74) is 14.4. The number of carbonyl (C=O) groups excluding carboxylic acids is 2. The number of azo groups is 1. The molecule has 0 unspecified atom stereocenters. The summed E-state index contributed by atoms with van der Waals surface area (Å²) in [7, 11) is -14.9. The Morgan fingerprint density at radius 2 is 1.28 bits per heavy atom. The molecular formula is C28H22N8O11S3. The molecule has 0 saturated carbocycles. The largest absolute Gasteiger partial charge is 0.399 e. The summed E-state index contributed by atoms with van der Waals surface area (Å²) in [4.78, 5) is 23.1. The van der Waals surface area contributed by atoms with E-state index in [1.165, 1.54) is 42.5 Å². The average molecular weight is 743 g/mol. The summed E-state index contributed by atoms with van der Waals surface area (Å²) in [5, 5.41) is 15.5. The van der Waals surface area contributed by atoms with Gasteiger partial charge >= 0.3 is 0 Å². The van der Waals surface area contributed by atoms with Crippen molar-refractivity contribution in [3.63, 3.8) is 0 Å². The molecule has 3 aromatic rings. The van der Waals surface area contributed by atoms with Crippen molar-refractivity contribution in [3.05, 3.63) is 94.6 Å². The second-order valence-corrected chi connectivity index (χ2v) is 14.4. The second kappa shape index (κ2) is 13.2. The van der Waals surface area contributed by atoms with Crippen molar-refractivity contribution in [1.29, 1.82) is 0 Å². The van der Waals surface area contributed by atoms with E-state index < -0.39 is 84.8 Å². The lowest BCUT2D eigenvalue weighted by molar-refractivity contribution is -0.108. The SMILES string of the molecule is NC1=CC(=O)C(=NNc2ccc(N=Nc3c(S(=O)(=O)O)cc4c(c3N)C(=O)C(=NNc3ccc(S(=O)(=O)O)cc3)C(S(=O)(=O)O)=C4)cc2)C=C1. The number of fused-ring (bicyclic) bond motifs is 1. The van der Waals surface area contributed by atoms with E-state index >= 15 is 0 Å². The first-order valence-electron chi connectivity index (χ1n) is 13.5. The number of rotatable bonds is 9. The number of carbonyl (C=O) groups is 2. The molecule has 19 nitrogen and oxygen atoms in total. The van der Waals surface area contributed by atoms with Crippen LogP contribution in [0, 0.1) is 0 Å². The Morgan fingerprint density at radius 3 is 1.84 bits per heavy atom. The predicted octanol–water partition coefficient (Wildman–Crippen LogP) is 2.82. The van der Waals surface area contributed by atoms with Gasteiger partial charge in [0, 0.05) is 11.8 Å². The second-order valence-electron chi connectivity index (χ2n) is 10.2. The molecule has 0 fully saturated rings. The number of ketones is 2. The fraction of sp³-hybridized carbons (Fsp3) is 0. The lowest BCUT2D eigenvalue weighted by Crippen LogP contribution is -2.28. The highest BCUT2D eigenvalue weighted by atomic mass is 32.2. The molecule has 0 radical (unpaired) electrons. The van der Waals surface area contributed by atoms with Crippen molar-refractivity contribution < 1.29 is 48.5 Å². The Morgan fingerprint density at radius 1 is 0.680 bits per heavy atom. The molecule has 0 saturated heterocycles. The third kappa shape index (κ3) is 7.70. The standard InChI is InChI=1S/C28H22N8O11S3/c29-15-1-10-20(21(37)13-15)34-31-16-2-4-17(5-3-16)32-35-26-22(49(42,43)44)11-14-12-23(50(45,46)47)27(28(38)24(14)25(26)30)36-33-18-6-8-19(9-7-18)48(39,40)41/h1-13,31,33H,29-30H2,(H,39,40,41)(H,42,43,44)(H,45,46,47). The lowest BCUT2D eigenvalue weighted by Gasteiger charge is -2.20. The third-order valence-electron chi connectivity index (χ3n) is 6.72. The summed E-state index contributed by atoms with van der Waals surface area (Å²) in [6, 6.07) is 10.7. The minimum absolute atomic E-state index is 0.0117. The Bertz CT molecular complexity index is 2490. The summed E-state index contributed by atoms with van der Waals surface area (Å²) >= 11 is 0. The number of nitrogens with zero attached hydrogens (tertiary/aromatic N) is 4. The first kappa shape index (κ1) is 35.4. The summed E-state index contributed by atoms with van der Waals surface area (Å²) in [6.45, 7) is 0. The van der Waals surface area contributed by atoms with Gasteiger partial charge in [0.25, 0.3) is 30.4 Å². The highest BCUT2D eigenvalue weighted by molar-refractivity contribution is 7.91. The first-order chi connectivity index (χ1) is 23.3. The Balaban J connectivity index is 1.50. The van der Waals surface area contributed by atoms with E-state index in [-0.39, 0.29) is 22.8 Å². The fourth-order valence-electron chi connectivity index (χ4n) is 4.38. The molecule has 2 aliphatic carbocycles. The monoisotopic (exact) mass is 742 g/mol. The van der Waals surface area contributed by atoms with Gasteiger partial charge in [0.1, 0.15) is 21.2 Å². The minimum Gasteiger partial charge on any atom is -0.399 e. The molecule has 0 atom stereocenters. The Hall–Kier alpha value is -5.91. The Kier molecular flexibility index (Phi) is 9.33. The van der Waals surface area contributed by atoms with Crippen LogP contribution in [0.2, 0.25) is 0 Å². The summed E-state index contributed by atoms with van der Waals surface area (Å²) in [6.07, 6.45) is 4.82. The van der Waals surface area contributed by atoms with Crippen molar-refractivity contribution in [2.24, 2.45) is 26.2 Å². The predicted molar refractivity (Wildman–Crippen MR) is 180 cm³/mol. The zero-order valence-electron chi connectivity index (χ0n) is 24.8. The van der Waals surface area contributed by atoms with Gasteiger partial charge in [-0.1, -0.05) is 0 Å². The maximum atomic E-state index is 13.6. The molecule has 0 amide bonds. The molecular weight excluding hydrogens is 721 g/mol. The molecule has 50 heavy (non-hydrogen) atoms. The molecule has 5 rings (SSSR count). The summed E-state index contributed by atoms with van der Waals surface area (Å²) < 4.78 is 101. The van der Waals surface area contributed by atoms with Crippen LogP contribution in [0.1, 0.15) is 15.9 Å². The fourth-order valence-corrected chi connectivity index (χ4v) is 6.19. The number of hydrogen-bond acceptors (Lipinski definition) is 16. The van der Waals surface area contributed by atoms with Crippen molar-refractivity contribution in [2.75, 3.05) is 16.6 Å². The van der Waals surface area contributed by atoms with Gasteiger partial charge in [-0.15, -0.1) is 5.11 Å². The normalized spacial score (nSPS) is 16.8. The minimum atomic E-state index is -5.20. The van der Waals surface area contributed by atoms with Crippen LogP contribution in [-0.2, 0) is 35.1 Å². The molecule has 0 bridgehead atoms. The number of hydrogen-bond donors (Lipinski definition) is 7. The first-order valence-corrected chi connectivity index (χ1v) is 17.8. The van der Waals surface area contributed by atoms with E-state index in [1.54, 1.807) is 0 Å². The molecule has 0 heterocycles. The number of hydrazone groups is 2. The zero-order valence-corrected chi connectivity index (χ0v) is 27.2. The Labute approximate surface area is 282 Å². The highest BCUT2D eigenvalue weighted by Gasteiger charge is 2.37. The van der Waals surface area contributed by atoms with Gasteiger partial charge in [0.2, 0.25) is 11.6 Å². The number of Topliss-reactive ketones (excluding diaryl/α,β-unsaturated/α-hetero) is 1. The molecule has 0 aromatic heterocycles. The number of anilines is 3. The highest BCUT2D eigenvalue weighted by Crippen LogP contribution is 2.41. The summed E-state index contributed by atoms with van der Waals surface area (Å²) in [5.74, 6) is -1.64. The molecule has 258 valence electrons. The van der Waals surface area contributed by atoms with Gasteiger partial charge < -0.3 is 11.5 Å². The van der Waals surface area contributed by atoms with Gasteiger partial charge in [-0.25, -0.2) is 0 Å². The van der Waals surface area contributed by atoms with Crippen LogP contribution in [0.3, 0.4) is 0 Å². The van der Waals surface area contributed by atoms with Gasteiger partial charge in [0.15, 0.2) is 5.71 Å². The molecule has 3 aromatic carbocycles. The van der Waals surface area contributed by atoms with Gasteiger partial charge in [-0.2, -0.15) is 40.6 Å². The molecule has 0 aliphatic heterocycles. The van der Waals surface area contributed by atoms with Crippen LogP contribution in [0.4, 0.5) is 28.4 Å². The van der Waals surface area contributed by atoms with Crippen LogP contribution in [0.25, 0.3) is 6.08 Å². The van der Waals surface area contributed by atoms with Crippen LogP contribution >= 0.6 is 0 Å². The van der Waals surface area contributed by atoms with E-state index in [4.69, 9.17) is 16.0 Å². The smallest absolute Gasteiger partial charge is 0.296 e. The van der Waals surface area contributed by atoms with Gasteiger partial charge in [-0.3, -0.25) is 34.1 Å². The van der Waals surface area contributed by atoms with Crippen LogP contribution in [-0.4, -0.2) is 61.9 Å². The average Bonchev–Trinajstić information content (AvgIpc) is 3.02. The van der Waals surface area contributed by atoms with Gasteiger partial charge in [-0.05, 0) is 78.4 Å². The van der Waals surface area contributed by atoms with E-state index in [9.17, 15) is 43.9 Å². The van der Waals surface area contributed by atoms with E-state index in [1.807, 2.05) is 0 Å². The molecule has 22 heteroatoms. The van der Waals surface area contributed by atoms with E-state index in [0.29, 0.717) is 17.8 Å². The topological polar surface area (TPSA) is 323 Å².